The number of hydrogen-bond acceptors (Lipinski definition) is 4. The summed E-state index contributed by atoms with van der Waals surface area (Å²) in [6.07, 6.45) is 0. The van der Waals surface area contributed by atoms with Gasteiger partial charge in [0.05, 0.1) is 11.4 Å². The molecule has 6 heteroatoms. The Labute approximate surface area is 140 Å². The van der Waals surface area contributed by atoms with Gasteiger partial charge in [-0.1, -0.05) is 12.1 Å². The fraction of sp³-hybridized carbons (Fsp3) is 0.222. The van der Waals surface area contributed by atoms with Gasteiger partial charge in [0, 0.05) is 0 Å². The van der Waals surface area contributed by atoms with Gasteiger partial charge in [-0.25, -0.2) is 0 Å². The van der Waals surface area contributed by atoms with E-state index in [1.807, 2.05) is 13.8 Å². The predicted molar refractivity (Wildman–Crippen MR) is 92.4 cm³/mol. The van der Waals surface area contributed by atoms with Crippen LogP contribution in [0.1, 0.15) is 22.3 Å². The lowest BCUT2D eigenvalue weighted by atomic mass is 10.1. The van der Waals surface area contributed by atoms with Crippen molar-refractivity contribution >= 4 is 23.2 Å². The van der Waals surface area contributed by atoms with E-state index in [0.29, 0.717) is 11.1 Å². The number of aromatic hydroxyl groups is 2. The van der Waals surface area contributed by atoms with Gasteiger partial charge < -0.3 is 20.8 Å². The van der Waals surface area contributed by atoms with Crippen molar-refractivity contribution in [3.63, 3.8) is 0 Å². The summed E-state index contributed by atoms with van der Waals surface area (Å²) in [7, 11) is 0. The predicted octanol–water partition coefficient (Wildman–Crippen LogP) is 2.91. The number of carbonyl (C=O) groups is 2. The maximum atomic E-state index is 12.1. The van der Waals surface area contributed by atoms with Crippen molar-refractivity contribution in [2.24, 2.45) is 0 Å². The molecule has 126 valence electrons. The number of nitrogens with one attached hydrogen (secondary N) is 2. The summed E-state index contributed by atoms with van der Waals surface area (Å²) < 4.78 is 0. The first-order chi connectivity index (χ1) is 11.2. The first kappa shape index (κ1) is 17.3. The molecule has 2 rings (SSSR count). The van der Waals surface area contributed by atoms with E-state index in [0.717, 1.165) is 11.1 Å². The number of amides is 2. The summed E-state index contributed by atoms with van der Waals surface area (Å²) in [5.41, 5.74) is 3.20. The minimum absolute atomic E-state index is 0.0870. The van der Waals surface area contributed by atoms with Crippen molar-refractivity contribution < 1.29 is 19.8 Å². The second kappa shape index (κ2) is 6.62. The molecule has 0 bridgehead atoms. The zero-order chi connectivity index (χ0) is 18.0. The Balaban J connectivity index is 2.18. The first-order valence-corrected chi connectivity index (χ1v) is 7.41. The minimum Gasteiger partial charge on any atom is -0.505 e. The molecule has 0 aliphatic heterocycles. The molecule has 24 heavy (non-hydrogen) atoms. The number of rotatable bonds is 2. The molecule has 6 nitrogen and oxygen atoms in total. The smallest absolute Gasteiger partial charge is 0.314 e. The lowest BCUT2D eigenvalue weighted by Crippen LogP contribution is -2.29. The molecule has 0 fully saturated rings. The van der Waals surface area contributed by atoms with Gasteiger partial charge in [0.25, 0.3) is 0 Å². The lowest BCUT2D eigenvalue weighted by molar-refractivity contribution is -0.133. The van der Waals surface area contributed by atoms with Crippen molar-refractivity contribution in [1.29, 1.82) is 0 Å². The number of phenols is 2. The largest absolute Gasteiger partial charge is 0.505 e. The molecule has 0 unspecified atom stereocenters. The van der Waals surface area contributed by atoms with Crippen LogP contribution in [0.15, 0.2) is 24.3 Å². The second-order valence-corrected chi connectivity index (χ2v) is 5.86. The third-order valence-corrected chi connectivity index (χ3v) is 3.59. The maximum absolute atomic E-state index is 12.1. The van der Waals surface area contributed by atoms with E-state index < -0.39 is 11.8 Å². The zero-order valence-electron chi connectivity index (χ0n) is 14.0. The molecule has 2 aromatic rings. The highest BCUT2D eigenvalue weighted by Crippen LogP contribution is 2.30. The summed E-state index contributed by atoms with van der Waals surface area (Å²) in [5.74, 6) is -2.05. The van der Waals surface area contributed by atoms with Gasteiger partial charge in [0.2, 0.25) is 0 Å². The normalized spacial score (nSPS) is 10.3. The van der Waals surface area contributed by atoms with Gasteiger partial charge in [-0.3, -0.25) is 9.59 Å². The number of benzene rings is 2. The fourth-order valence-electron chi connectivity index (χ4n) is 2.47. The number of phenolic OH excluding ortho intramolecular Hbond substituents is 2. The summed E-state index contributed by atoms with van der Waals surface area (Å²) in [6, 6.07) is 6.67. The Morgan fingerprint density at radius 2 is 1.04 bits per heavy atom. The zero-order valence-corrected chi connectivity index (χ0v) is 14.0. The van der Waals surface area contributed by atoms with Crippen molar-refractivity contribution in [2.75, 3.05) is 10.6 Å². The summed E-state index contributed by atoms with van der Waals surface area (Å²) >= 11 is 0. The molecule has 0 heterocycles. The molecule has 0 spiro atoms. The van der Waals surface area contributed by atoms with Crippen LogP contribution < -0.4 is 10.6 Å². The fourth-order valence-corrected chi connectivity index (χ4v) is 2.47. The number of aryl methyl sites for hydroxylation is 4. The van der Waals surface area contributed by atoms with Crippen LogP contribution in [0.5, 0.6) is 11.5 Å². The molecule has 0 atom stereocenters. The molecule has 2 amide bonds. The minimum atomic E-state index is -0.936. The summed E-state index contributed by atoms with van der Waals surface area (Å²) in [6.45, 7) is 7.03. The lowest BCUT2D eigenvalue weighted by Gasteiger charge is -2.12. The van der Waals surface area contributed by atoms with E-state index in [-0.39, 0.29) is 22.9 Å². The molecule has 0 saturated carbocycles. The van der Waals surface area contributed by atoms with Gasteiger partial charge >= 0.3 is 11.8 Å². The van der Waals surface area contributed by atoms with Gasteiger partial charge in [0.15, 0.2) is 0 Å². The van der Waals surface area contributed by atoms with Crippen LogP contribution in [0.2, 0.25) is 0 Å². The quantitative estimate of drug-likeness (QED) is 0.503. The Bertz CT molecular complexity index is 759. The van der Waals surface area contributed by atoms with Gasteiger partial charge in [-0.15, -0.1) is 0 Å². The van der Waals surface area contributed by atoms with Crippen molar-refractivity contribution in [2.45, 2.75) is 27.7 Å². The Kier molecular flexibility index (Phi) is 4.78. The second-order valence-electron chi connectivity index (χ2n) is 5.86. The van der Waals surface area contributed by atoms with Gasteiger partial charge in [-0.2, -0.15) is 0 Å². The maximum Gasteiger partial charge on any atom is 0.314 e. The Hall–Kier alpha value is -3.02. The van der Waals surface area contributed by atoms with Crippen LogP contribution in [-0.4, -0.2) is 22.0 Å². The van der Waals surface area contributed by atoms with Crippen molar-refractivity contribution in [1.82, 2.24) is 0 Å². The SMILES string of the molecule is Cc1cc(C)c(O)c(NC(=O)C(=O)Nc2cc(C)cc(C)c2O)c1. The third kappa shape index (κ3) is 3.65. The molecule has 4 N–H and O–H groups in total. The standard InChI is InChI=1S/C18H20N2O4/c1-9-5-11(3)15(21)13(7-9)19-17(23)18(24)20-14-8-10(2)6-12(4)16(14)22/h5-8,21-22H,1-4H3,(H,19,23)(H,20,24). The third-order valence-electron chi connectivity index (χ3n) is 3.59. The van der Waals surface area contributed by atoms with Crippen LogP contribution in [0.25, 0.3) is 0 Å². The summed E-state index contributed by atoms with van der Waals surface area (Å²) in [4.78, 5) is 24.1. The van der Waals surface area contributed by atoms with Crippen molar-refractivity contribution in [3.05, 3.63) is 46.5 Å². The van der Waals surface area contributed by atoms with Gasteiger partial charge in [0.1, 0.15) is 11.5 Å². The molecule has 0 aliphatic rings. The van der Waals surface area contributed by atoms with Gasteiger partial charge in [-0.05, 0) is 62.1 Å². The van der Waals surface area contributed by atoms with E-state index in [4.69, 9.17) is 0 Å². The molecule has 0 saturated heterocycles. The van der Waals surface area contributed by atoms with E-state index in [2.05, 4.69) is 10.6 Å². The molecule has 0 aromatic heterocycles. The Morgan fingerprint density at radius 3 is 1.38 bits per heavy atom. The topological polar surface area (TPSA) is 98.7 Å². The van der Waals surface area contributed by atoms with Crippen LogP contribution in [0.3, 0.4) is 0 Å². The number of anilines is 2. The highest BCUT2D eigenvalue weighted by Gasteiger charge is 2.18. The van der Waals surface area contributed by atoms with E-state index in [9.17, 15) is 19.8 Å². The average Bonchev–Trinajstić information content (AvgIpc) is 2.49. The summed E-state index contributed by atoms with van der Waals surface area (Å²) in [5, 5.41) is 24.7. The highest BCUT2D eigenvalue weighted by molar-refractivity contribution is 6.44. The van der Waals surface area contributed by atoms with Crippen molar-refractivity contribution in [3.8, 4) is 11.5 Å². The monoisotopic (exact) mass is 328 g/mol. The van der Waals surface area contributed by atoms with Crippen LogP contribution >= 0.6 is 0 Å². The average molecular weight is 328 g/mol. The van der Waals surface area contributed by atoms with Crippen LogP contribution in [0, 0.1) is 27.7 Å². The van der Waals surface area contributed by atoms with E-state index in [1.165, 1.54) is 0 Å². The molecule has 0 radical (unpaired) electrons. The molecule has 2 aromatic carbocycles. The highest BCUT2D eigenvalue weighted by atomic mass is 16.3. The molecular formula is C18H20N2O4. The Morgan fingerprint density at radius 1 is 0.708 bits per heavy atom. The molecule has 0 aliphatic carbocycles. The number of hydrogen-bond donors (Lipinski definition) is 4. The van der Waals surface area contributed by atoms with E-state index >= 15 is 0 Å². The van der Waals surface area contributed by atoms with Crippen LogP contribution in [0.4, 0.5) is 11.4 Å². The van der Waals surface area contributed by atoms with E-state index in [1.54, 1.807) is 38.1 Å². The first-order valence-electron chi connectivity index (χ1n) is 7.41. The molecular weight excluding hydrogens is 308 g/mol. The number of carbonyl (C=O) groups excluding carboxylic acids is 2. The van der Waals surface area contributed by atoms with Crippen LogP contribution in [-0.2, 0) is 9.59 Å².